The Morgan fingerprint density at radius 1 is 1.73 bits per heavy atom. The maximum atomic E-state index is 10.8. The summed E-state index contributed by atoms with van der Waals surface area (Å²) in [4.78, 5) is 10.3. The van der Waals surface area contributed by atoms with Crippen molar-refractivity contribution in [3.8, 4) is 6.07 Å². The minimum atomic E-state index is -3.22. The van der Waals surface area contributed by atoms with Crippen LogP contribution in [0.2, 0.25) is 0 Å². The average molecular weight is 173 g/mol. The van der Waals surface area contributed by atoms with Crippen LogP contribution in [0.5, 0.6) is 0 Å². The van der Waals surface area contributed by atoms with E-state index >= 15 is 0 Å². The predicted molar refractivity (Wildman–Crippen MR) is 37.4 cm³/mol. The second-order valence-corrected chi connectivity index (χ2v) is 5.02. The summed E-state index contributed by atoms with van der Waals surface area (Å²) in [6.45, 7) is 0. The second-order valence-electron chi connectivity index (χ2n) is 2.79. The van der Waals surface area contributed by atoms with Crippen molar-refractivity contribution in [2.24, 2.45) is 5.41 Å². The highest BCUT2D eigenvalue weighted by Crippen LogP contribution is 2.47. The number of carbonyl (C=O) groups is 1. The molecule has 0 spiro atoms. The summed E-state index contributed by atoms with van der Waals surface area (Å²) in [5, 5.41) is 7.68. The summed E-state index contributed by atoms with van der Waals surface area (Å²) in [5.41, 5.74) is -1.23. The molecule has 0 unspecified atom stereocenters. The molecule has 0 bridgehead atoms. The Labute approximate surface area is 64.7 Å². The number of rotatable bonds is 2. The van der Waals surface area contributed by atoms with Crippen molar-refractivity contribution in [2.45, 2.75) is 11.7 Å². The van der Waals surface area contributed by atoms with E-state index in [0.717, 1.165) is 6.26 Å². The van der Waals surface area contributed by atoms with E-state index in [-0.39, 0.29) is 6.42 Å². The molecule has 0 aliphatic heterocycles. The number of nitriles is 1. The van der Waals surface area contributed by atoms with Crippen molar-refractivity contribution < 1.29 is 13.2 Å². The first-order valence-corrected chi connectivity index (χ1v) is 4.98. The van der Waals surface area contributed by atoms with Gasteiger partial charge in [-0.15, -0.1) is 0 Å². The number of hydrogen-bond donors (Lipinski definition) is 0. The van der Waals surface area contributed by atoms with Crippen LogP contribution < -0.4 is 0 Å². The lowest BCUT2D eigenvalue weighted by Gasteiger charge is -1.94. The van der Waals surface area contributed by atoms with Crippen molar-refractivity contribution in [3.05, 3.63) is 0 Å². The lowest BCUT2D eigenvalue weighted by molar-refractivity contribution is -0.110. The summed E-state index contributed by atoms with van der Waals surface area (Å²) in [5.74, 6) is 0. The summed E-state index contributed by atoms with van der Waals surface area (Å²) in [6.07, 6.45) is 1.63. The number of hydrogen-bond acceptors (Lipinski definition) is 4. The summed E-state index contributed by atoms with van der Waals surface area (Å²) in [6, 6.07) is 1.71. The fraction of sp³-hybridized carbons (Fsp3) is 0.667. The van der Waals surface area contributed by atoms with E-state index in [0.29, 0.717) is 6.29 Å². The highest BCUT2D eigenvalue weighted by Gasteiger charge is 2.61. The van der Waals surface area contributed by atoms with Gasteiger partial charge >= 0.3 is 0 Å². The van der Waals surface area contributed by atoms with Gasteiger partial charge in [0.05, 0.1) is 11.3 Å². The largest absolute Gasteiger partial charge is 0.302 e. The van der Waals surface area contributed by atoms with Crippen LogP contribution >= 0.6 is 0 Å². The van der Waals surface area contributed by atoms with Crippen LogP contribution in [-0.2, 0) is 14.6 Å². The third kappa shape index (κ3) is 1.14. The van der Waals surface area contributed by atoms with Crippen LogP contribution in [0.25, 0.3) is 0 Å². The topological polar surface area (TPSA) is 75.0 Å². The molecule has 1 fully saturated rings. The first kappa shape index (κ1) is 8.21. The zero-order valence-electron chi connectivity index (χ0n) is 5.94. The smallest absolute Gasteiger partial charge is 0.152 e. The number of nitrogens with zero attached hydrogens (tertiary/aromatic N) is 1. The molecule has 0 amide bonds. The third-order valence-electron chi connectivity index (χ3n) is 1.87. The Kier molecular flexibility index (Phi) is 1.53. The van der Waals surface area contributed by atoms with Gasteiger partial charge in [-0.05, 0) is 6.42 Å². The van der Waals surface area contributed by atoms with Crippen molar-refractivity contribution >= 4 is 16.1 Å². The standard InChI is InChI=1S/C6H7NO3S/c1-11(9,10)5-2-6(5,3-7)4-8/h4-5H,2H2,1H3/t5-,6+/m1/s1. The van der Waals surface area contributed by atoms with Crippen LogP contribution in [0.15, 0.2) is 0 Å². The number of carbonyl (C=O) groups excluding carboxylic acids is 1. The van der Waals surface area contributed by atoms with Gasteiger partial charge in [-0.2, -0.15) is 5.26 Å². The van der Waals surface area contributed by atoms with E-state index in [2.05, 4.69) is 0 Å². The van der Waals surface area contributed by atoms with Gasteiger partial charge in [-0.25, -0.2) is 8.42 Å². The lowest BCUT2D eigenvalue weighted by Crippen LogP contribution is -2.14. The molecule has 5 heteroatoms. The Morgan fingerprint density at radius 3 is 2.36 bits per heavy atom. The van der Waals surface area contributed by atoms with E-state index in [1.54, 1.807) is 6.07 Å². The van der Waals surface area contributed by atoms with Gasteiger partial charge in [-0.3, -0.25) is 0 Å². The summed E-state index contributed by atoms with van der Waals surface area (Å²) >= 11 is 0. The van der Waals surface area contributed by atoms with E-state index in [1.807, 2.05) is 0 Å². The first-order valence-electron chi connectivity index (χ1n) is 3.03. The third-order valence-corrected chi connectivity index (χ3v) is 3.49. The van der Waals surface area contributed by atoms with Gasteiger partial charge in [-0.1, -0.05) is 0 Å². The molecule has 1 aliphatic carbocycles. The molecule has 0 aromatic carbocycles. The van der Waals surface area contributed by atoms with Crippen molar-refractivity contribution in [3.63, 3.8) is 0 Å². The zero-order chi connectivity index (χ0) is 8.70. The first-order chi connectivity index (χ1) is 4.96. The molecule has 0 radical (unpaired) electrons. The maximum absolute atomic E-state index is 10.8. The molecule has 0 saturated heterocycles. The van der Waals surface area contributed by atoms with Gasteiger partial charge < -0.3 is 4.79 Å². The Morgan fingerprint density at radius 2 is 2.27 bits per heavy atom. The average Bonchev–Trinajstić information content (AvgIpc) is 2.61. The molecule has 4 nitrogen and oxygen atoms in total. The molecule has 0 aromatic rings. The van der Waals surface area contributed by atoms with Gasteiger partial charge in [0.15, 0.2) is 9.84 Å². The molecule has 2 atom stereocenters. The fourth-order valence-corrected chi connectivity index (χ4v) is 2.50. The normalized spacial score (nSPS) is 35.8. The van der Waals surface area contributed by atoms with Crippen molar-refractivity contribution in [1.82, 2.24) is 0 Å². The summed E-state index contributed by atoms with van der Waals surface area (Å²) in [7, 11) is -3.22. The quantitative estimate of drug-likeness (QED) is 0.528. The molecule has 1 aliphatic rings. The molecule has 11 heavy (non-hydrogen) atoms. The van der Waals surface area contributed by atoms with Gasteiger partial charge in [0.25, 0.3) is 0 Å². The molecule has 1 saturated carbocycles. The van der Waals surface area contributed by atoms with Gasteiger partial charge in [0.1, 0.15) is 11.7 Å². The van der Waals surface area contributed by atoms with E-state index in [4.69, 9.17) is 5.26 Å². The molecule has 0 heterocycles. The molecule has 60 valence electrons. The van der Waals surface area contributed by atoms with Crippen LogP contribution in [0.4, 0.5) is 0 Å². The molecule has 0 aromatic heterocycles. The van der Waals surface area contributed by atoms with E-state index in [1.165, 1.54) is 0 Å². The van der Waals surface area contributed by atoms with Crippen LogP contribution in [0, 0.1) is 16.7 Å². The van der Waals surface area contributed by atoms with Crippen LogP contribution in [0.1, 0.15) is 6.42 Å². The van der Waals surface area contributed by atoms with Crippen molar-refractivity contribution in [1.29, 1.82) is 5.26 Å². The number of sulfone groups is 1. The molecular weight excluding hydrogens is 166 g/mol. The molecular formula is C6H7NO3S. The SMILES string of the molecule is CS(=O)(=O)[C@@H]1C[C@]1(C#N)C=O. The van der Waals surface area contributed by atoms with Crippen LogP contribution in [0.3, 0.4) is 0 Å². The van der Waals surface area contributed by atoms with E-state index in [9.17, 15) is 13.2 Å². The second kappa shape index (κ2) is 2.05. The zero-order valence-corrected chi connectivity index (χ0v) is 6.76. The lowest BCUT2D eigenvalue weighted by atomic mass is 10.2. The van der Waals surface area contributed by atoms with Gasteiger partial charge in [0.2, 0.25) is 0 Å². The summed E-state index contributed by atoms with van der Waals surface area (Å²) < 4.78 is 21.6. The minimum absolute atomic E-state index is 0.159. The Hall–Kier alpha value is -0.890. The maximum Gasteiger partial charge on any atom is 0.152 e. The van der Waals surface area contributed by atoms with Gasteiger partial charge in [0, 0.05) is 6.26 Å². The highest BCUT2D eigenvalue weighted by molar-refractivity contribution is 7.91. The fourth-order valence-electron chi connectivity index (χ4n) is 1.05. The monoisotopic (exact) mass is 173 g/mol. The minimum Gasteiger partial charge on any atom is -0.302 e. The van der Waals surface area contributed by atoms with E-state index < -0.39 is 20.5 Å². The molecule has 1 rings (SSSR count). The van der Waals surface area contributed by atoms with Crippen molar-refractivity contribution in [2.75, 3.05) is 6.26 Å². The van der Waals surface area contributed by atoms with Crippen LogP contribution in [-0.4, -0.2) is 26.2 Å². The molecule has 0 N–H and O–H groups in total. The predicted octanol–water partition coefficient (Wildman–Crippen LogP) is -0.488. The number of aldehydes is 1. The Balaban J connectivity index is 2.92. The highest BCUT2D eigenvalue weighted by atomic mass is 32.2. The Bertz CT molecular complexity index is 326.